The molecule has 0 unspecified atom stereocenters. The summed E-state index contributed by atoms with van der Waals surface area (Å²) in [6.07, 6.45) is 1.59. The number of thiazole rings is 1. The van der Waals surface area contributed by atoms with Gasteiger partial charge in [0.05, 0.1) is 6.61 Å². The van der Waals surface area contributed by atoms with Gasteiger partial charge in [0.25, 0.3) is 0 Å². The van der Waals surface area contributed by atoms with E-state index < -0.39 is 11.4 Å². The molecule has 37 heavy (non-hydrogen) atoms. The van der Waals surface area contributed by atoms with E-state index in [1.54, 1.807) is 13.1 Å². The van der Waals surface area contributed by atoms with Gasteiger partial charge in [-0.3, -0.25) is 4.79 Å². The van der Waals surface area contributed by atoms with Crippen molar-refractivity contribution in [2.24, 2.45) is 0 Å². The molecule has 5 aromatic rings. The highest BCUT2D eigenvalue weighted by Crippen LogP contribution is 2.29. The molecule has 0 aliphatic carbocycles. The molecule has 0 fully saturated rings. The molecule has 0 bridgehead atoms. The fourth-order valence-electron chi connectivity index (χ4n) is 4.17. The largest absolute Gasteiger partial charge is 0.462 e. The molecule has 5 rings (SSSR count). The van der Waals surface area contributed by atoms with Crippen molar-refractivity contribution in [2.45, 2.75) is 20.0 Å². The van der Waals surface area contributed by atoms with Crippen LogP contribution in [0.15, 0.2) is 89.9 Å². The van der Waals surface area contributed by atoms with Gasteiger partial charge in [-0.25, -0.2) is 9.78 Å². The minimum atomic E-state index is -0.652. The molecule has 1 N–H and O–H groups in total. The van der Waals surface area contributed by atoms with Gasteiger partial charge in [0.15, 0.2) is 5.13 Å². The second-order valence-electron chi connectivity index (χ2n) is 8.40. The predicted molar refractivity (Wildman–Crippen MR) is 150 cm³/mol. The number of rotatable bonds is 8. The van der Waals surface area contributed by atoms with Gasteiger partial charge in [-0.05, 0) is 41.3 Å². The van der Waals surface area contributed by atoms with Crippen LogP contribution in [0.4, 0.5) is 5.13 Å². The Labute approximate surface area is 223 Å². The second-order valence-corrected chi connectivity index (χ2v) is 9.81. The SMILES string of the molecule is CCOC(=O)c1cn(Cc2ccccc2-c2ccccc2)c2sc(NCc3cccc(Cl)c3)nc2c1=O. The minimum Gasteiger partial charge on any atom is -0.462 e. The lowest BCUT2D eigenvalue weighted by Crippen LogP contribution is -2.21. The lowest BCUT2D eigenvalue weighted by atomic mass is 9.99. The molecular formula is C29H24ClN3O3S. The summed E-state index contributed by atoms with van der Waals surface area (Å²) < 4.78 is 7.08. The van der Waals surface area contributed by atoms with Crippen molar-refractivity contribution in [2.75, 3.05) is 11.9 Å². The van der Waals surface area contributed by atoms with E-state index in [9.17, 15) is 9.59 Å². The average Bonchev–Trinajstić information content (AvgIpc) is 3.35. The molecule has 0 radical (unpaired) electrons. The van der Waals surface area contributed by atoms with Gasteiger partial charge < -0.3 is 14.6 Å². The predicted octanol–water partition coefficient (Wildman–Crippen LogP) is 6.62. The zero-order chi connectivity index (χ0) is 25.8. The molecule has 2 aromatic heterocycles. The van der Waals surface area contributed by atoms with E-state index in [0.717, 1.165) is 22.3 Å². The standard InChI is InChI=1S/C29H24ClN3O3S/c1-2-36-28(35)24-18-33(17-21-12-6-7-14-23(21)20-10-4-3-5-11-20)27-25(26(24)34)32-29(37-27)31-16-19-9-8-13-22(30)15-19/h3-15,18H,2,16-17H2,1H3,(H,31,32). The van der Waals surface area contributed by atoms with Crippen molar-refractivity contribution in [3.63, 3.8) is 0 Å². The van der Waals surface area contributed by atoms with Crippen LogP contribution in [0.3, 0.4) is 0 Å². The maximum absolute atomic E-state index is 13.3. The van der Waals surface area contributed by atoms with Gasteiger partial charge in [-0.2, -0.15) is 0 Å². The summed E-state index contributed by atoms with van der Waals surface area (Å²) in [6.45, 7) is 2.84. The molecule has 3 aromatic carbocycles. The number of anilines is 1. The third kappa shape index (κ3) is 5.43. The molecule has 0 spiro atoms. The van der Waals surface area contributed by atoms with Gasteiger partial charge in [0.2, 0.25) is 5.43 Å². The fourth-order valence-corrected chi connectivity index (χ4v) is 5.32. The Morgan fingerprint density at radius 3 is 2.62 bits per heavy atom. The lowest BCUT2D eigenvalue weighted by Gasteiger charge is -2.14. The summed E-state index contributed by atoms with van der Waals surface area (Å²) in [5.41, 5.74) is 3.99. The number of hydrogen-bond donors (Lipinski definition) is 1. The Balaban J connectivity index is 1.57. The average molecular weight is 530 g/mol. The summed E-state index contributed by atoms with van der Waals surface area (Å²) in [6, 6.07) is 25.8. The third-order valence-corrected chi connectivity index (χ3v) is 7.17. The molecule has 186 valence electrons. The normalized spacial score (nSPS) is 11.0. The highest BCUT2D eigenvalue weighted by Gasteiger charge is 2.20. The van der Waals surface area contributed by atoms with Crippen LogP contribution in [0, 0.1) is 0 Å². The molecule has 6 nitrogen and oxygen atoms in total. The summed E-state index contributed by atoms with van der Waals surface area (Å²) in [5.74, 6) is -0.652. The summed E-state index contributed by atoms with van der Waals surface area (Å²) in [5, 5.41) is 4.52. The van der Waals surface area contributed by atoms with Gasteiger partial charge >= 0.3 is 5.97 Å². The topological polar surface area (TPSA) is 73.2 Å². The first-order chi connectivity index (χ1) is 18.0. The second kappa shape index (κ2) is 11.0. The van der Waals surface area contributed by atoms with Crippen LogP contribution in [0.2, 0.25) is 5.02 Å². The van der Waals surface area contributed by atoms with Gasteiger partial charge in [-0.15, -0.1) is 0 Å². The van der Waals surface area contributed by atoms with E-state index in [4.69, 9.17) is 16.3 Å². The molecule has 0 amide bonds. The maximum atomic E-state index is 13.3. The van der Waals surface area contributed by atoms with Crippen molar-refractivity contribution < 1.29 is 9.53 Å². The Bertz CT molecular complexity index is 1630. The molecule has 0 saturated heterocycles. The quantitative estimate of drug-likeness (QED) is 0.229. The van der Waals surface area contributed by atoms with E-state index in [1.807, 2.05) is 59.2 Å². The number of nitrogens with zero attached hydrogens (tertiary/aromatic N) is 2. The molecule has 0 aliphatic rings. The smallest absolute Gasteiger partial charge is 0.343 e. The molecule has 2 heterocycles. The first-order valence-corrected chi connectivity index (χ1v) is 13.1. The number of hydrogen-bond acceptors (Lipinski definition) is 6. The number of carbonyl (C=O) groups excluding carboxylic acids is 1. The van der Waals surface area contributed by atoms with Crippen molar-refractivity contribution in [3.8, 4) is 11.1 Å². The molecular weight excluding hydrogens is 506 g/mol. The highest BCUT2D eigenvalue weighted by atomic mass is 35.5. The van der Waals surface area contributed by atoms with Crippen LogP contribution in [0.25, 0.3) is 21.5 Å². The van der Waals surface area contributed by atoms with Crippen LogP contribution >= 0.6 is 22.9 Å². The van der Waals surface area contributed by atoms with Crippen LogP contribution in [0.5, 0.6) is 0 Å². The van der Waals surface area contributed by atoms with Crippen LogP contribution in [-0.2, 0) is 17.8 Å². The van der Waals surface area contributed by atoms with E-state index in [-0.39, 0.29) is 17.7 Å². The maximum Gasteiger partial charge on any atom is 0.343 e. The third-order valence-electron chi connectivity index (χ3n) is 5.89. The van der Waals surface area contributed by atoms with E-state index in [2.05, 4.69) is 34.6 Å². The van der Waals surface area contributed by atoms with Gasteiger partial charge in [0.1, 0.15) is 15.9 Å². The van der Waals surface area contributed by atoms with E-state index in [1.165, 1.54) is 11.3 Å². The van der Waals surface area contributed by atoms with E-state index >= 15 is 0 Å². The Morgan fingerprint density at radius 2 is 1.84 bits per heavy atom. The van der Waals surface area contributed by atoms with Crippen molar-refractivity contribution in [3.05, 3.63) is 117 Å². The number of carbonyl (C=O) groups is 1. The Hall–Kier alpha value is -3.94. The Morgan fingerprint density at radius 1 is 1.05 bits per heavy atom. The van der Waals surface area contributed by atoms with Crippen LogP contribution < -0.4 is 10.7 Å². The summed E-state index contributed by atoms with van der Waals surface area (Å²) in [4.78, 5) is 31.2. The number of ether oxygens (including phenoxy) is 1. The summed E-state index contributed by atoms with van der Waals surface area (Å²) >= 11 is 7.48. The van der Waals surface area contributed by atoms with Gasteiger partial charge in [-0.1, -0.05) is 89.7 Å². The minimum absolute atomic E-state index is 0.0294. The van der Waals surface area contributed by atoms with Crippen LogP contribution in [-0.4, -0.2) is 22.1 Å². The van der Waals surface area contributed by atoms with Crippen LogP contribution in [0.1, 0.15) is 28.4 Å². The number of aromatic nitrogens is 2. The molecule has 0 atom stereocenters. The first-order valence-electron chi connectivity index (χ1n) is 11.9. The number of halogens is 1. The molecule has 0 saturated carbocycles. The zero-order valence-electron chi connectivity index (χ0n) is 20.1. The lowest BCUT2D eigenvalue weighted by molar-refractivity contribution is 0.0524. The van der Waals surface area contributed by atoms with E-state index in [0.29, 0.717) is 28.1 Å². The van der Waals surface area contributed by atoms with Crippen molar-refractivity contribution in [1.29, 1.82) is 0 Å². The number of pyridine rings is 1. The van der Waals surface area contributed by atoms with Crippen molar-refractivity contribution in [1.82, 2.24) is 9.55 Å². The number of benzene rings is 3. The molecule has 8 heteroatoms. The fraction of sp³-hybridized carbons (Fsp3) is 0.138. The zero-order valence-corrected chi connectivity index (χ0v) is 21.7. The van der Waals surface area contributed by atoms with Crippen molar-refractivity contribution >= 4 is 44.4 Å². The molecule has 0 aliphatic heterocycles. The number of esters is 1. The number of fused-ring (bicyclic) bond motifs is 1. The summed E-state index contributed by atoms with van der Waals surface area (Å²) in [7, 11) is 0. The monoisotopic (exact) mass is 529 g/mol. The first kappa shape index (κ1) is 24.7. The van der Waals surface area contributed by atoms with Gasteiger partial charge in [0, 0.05) is 24.3 Å². The Kier molecular flexibility index (Phi) is 7.35. The number of nitrogens with one attached hydrogen (secondary N) is 1. The highest BCUT2D eigenvalue weighted by molar-refractivity contribution is 7.21.